The Morgan fingerprint density at radius 3 is 2.43 bits per heavy atom. The third-order valence-corrected chi connectivity index (χ3v) is 7.32. The van der Waals surface area contributed by atoms with Crippen LogP contribution in [0.15, 0.2) is 47.4 Å². The molecule has 124 valence electrons. The molecule has 0 atom stereocenters. The van der Waals surface area contributed by atoms with Gasteiger partial charge < -0.3 is 0 Å². The molecule has 1 heterocycles. The van der Waals surface area contributed by atoms with Gasteiger partial charge >= 0.3 is 0 Å². The van der Waals surface area contributed by atoms with Crippen molar-refractivity contribution in [3.8, 4) is 0 Å². The summed E-state index contributed by atoms with van der Waals surface area (Å²) in [6.45, 7) is 2.92. The second kappa shape index (κ2) is 6.80. The summed E-state index contributed by atoms with van der Waals surface area (Å²) in [5.41, 5.74) is 0.634. The molecule has 0 N–H and O–H groups in total. The Kier molecular flexibility index (Phi) is 4.95. The van der Waals surface area contributed by atoms with E-state index in [1.54, 1.807) is 29.4 Å². The minimum atomic E-state index is -3.46. The summed E-state index contributed by atoms with van der Waals surface area (Å²) in [6.07, 6.45) is 11.7. The maximum absolute atomic E-state index is 12.9. The number of hydrogen-bond acceptors (Lipinski definition) is 2. The normalized spacial score (nSPS) is 21.0. The zero-order valence-electron chi connectivity index (χ0n) is 13.3. The van der Waals surface area contributed by atoms with Crippen LogP contribution in [-0.2, 0) is 10.0 Å². The highest BCUT2D eigenvalue weighted by Gasteiger charge is 2.32. The van der Waals surface area contributed by atoms with E-state index in [1.807, 2.05) is 0 Å². The van der Waals surface area contributed by atoms with Crippen molar-refractivity contribution in [2.24, 2.45) is 11.8 Å². The van der Waals surface area contributed by atoms with Gasteiger partial charge in [-0.1, -0.05) is 42.0 Å². The third kappa shape index (κ3) is 3.39. The lowest BCUT2D eigenvalue weighted by molar-refractivity contribution is 0.249. The number of nitrogens with zero attached hydrogens (tertiary/aromatic N) is 1. The molecule has 0 unspecified atom stereocenters. The smallest absolute Gasteiger partial charge is 0.207 e. The van der Waals surface area contributed by atoms with Crippen molar-refractivity contribution in [1.29, 1.82) is 0 Å². The summed E-state index contributed by atoms with van der Waals surface area (Å²) in [7, 11) is -3.46. The van der Waals surface area contributed by atoms with E-state index in [4.69, 9.17) is 11.6 Å². The van der Waals surface area contributed by atoms with E-state index >= 15 is 0 Å². The number of rotatable bonds is 3. The van der Waals surface area contributed by atoms with Crippen molar-refractivity contribution in [2.45, 2.75) is 31.1 Å². The highest BCUT2D eigenvalue weighted by molar-refractivity contribution is 7.89. The van der Waals surface area contributed by atoms with Crippen molar-refractivity contribution >= 4 is 21.6 Å². The Labute approximate surface area is 143 Å². The van der Waals surface area contributed by atoms with Crippen molar-refractivity contribution in [3.63, 3.8) is 0 Å². The lowest BCUT2D eigenvalue weighted by atomic mass is 9.83. The first-order valence-corrected chi connectivity index (χ1v) is 9.90. The molecule has 0 bridgehead atoms. The van der Waals surface area contributed by atoms with Crippen LogP contribution in [0, 0.1) is 18.8 Å². The second-order valence-corrected chi connectivity index (χ2v) is 8.59. The molecule has 0 saturated carbocycles. The average molecular weight is 352 g/mol. The quantitative estimate of drug-likeness (QED) is 0.766. The summed E-state index contributed by atoms with van der Waals surface area (Å²) < 4.78 is 27.4. The molecule has 1 fully saturated rings. The van der Waals surface area contributed by atoms with Crippen molar-refractivity contribution < 1.29 is 8.42 Å². The highest BCUT2D eigenvalue weighted by Crippen LogP contribution is 2.32. The highest BCUT2D eigenvalue weighted by atomic mass is 35.5. The monoisotopic (exact) mass is 351 g/mol. The number of allylic oxidation sites excluding steroid dienone is 4. The topological polar surface area (TPSA) is 37.4 Å². The summed E-state index contributed by atoms with van der Waals surface area (Å²) in [4.78, 5) is 0.334. The van der Waals surface area contributed by atoms with Crippen LogP contribution in [-0.4, -0.2) is 25.8 Å². The van der Waals surface area contributed by atoms with Gasteiger partial charge in [-0.3, -0.25) is 0 Å². The summed E-state index contributed by atoms with van der Waals surface area (Å²) >= 11 is 6.09. The van der Waals surface area contributed by atoms with Gasteiger partial charge in [-0.25, -0.2) is 8.42 Å². The molecule has 23 heavy (non-hydrogen) atoms. The SMILES string of the molecule is Cc1c(Cl)cccc1S(=O)(=O)N1CCC(C2C=CCC=C2)CC1. The van der Waals surface area contributed by atoms with Gasteiger partial charge in [0, 0.05) is 18.1 Å². The largest absolute Gasteiger partial charge is 0.243 e. The fraction of sp³-hybridized carbons (Fsp3) is 0.444. The van der Waals surface area contributed by atoms with Crippen LogP contribution in [0.1, 0.15) is 24.8 Å². The van der Waals surface area contributed by atoms with Gasteiger partial charge in [0.1, 0.15) is 0 Å². The number of hydrogen-bond donors (Lipinski definition) is 0. The van der Waals surface area contributed by atoms with E-state index in [2.05, 4.69) is 24.3 Å². The third-order valence-electron chi connectivity index (χ3n) is 4.87. The average Bonchev–Trinajstić information content (AvgIpc) is 2.58. The number of sulfonamides is 1. The van der Waals surface area contributed by atoms with E-state index in [1.165, 1.54) is 0 Å². The Balaban J connectivity index is 1.74. The molecule has 1 saturated heterocycles. The molecular weight excluding hydrogens is 330 g/mol. The molecule has 1 aliphatic heterocycles. The van der Waals surface area contributed by atoms with E-state index < -0.39 is 10.0 Å². The van der Waals surface area contributed by atoms with Crippen LogP contribution < -0.4 is 0 Å². The molecule has 1 aliphatic carbocycles. The van der Waals surface area contributed by atoms with Crippen LogP contribution in [0.2, 0.25) is 5.02 Å². The van der Waals surface area contributed by atoms with E-state index in [9.17, 15) is 8.42 Å². The Bertz CT molecular complexity index is 719. The van der Waals surface area contributed by atoms with Crippen LogP contribution in [0.4, 0.5) is 0 Å². The molecule has 3 nitrogen and oxygen atoms in total. The number of halogens is 1. The van der Waals surface area contributed by atoms with Crippen LogP contribution in [0.25, 0.3) is 0 Å². The molecular formula is C18H22ClNO2S. The van der Waals surface area contributed by atoms with Gasteiger partial charge in [0.25, 0.3) is 0 Å². The molecule has 0 radical (unpaired) electrons. The first-order valence-electron chi connectivity index (χ1n) is 8.09. The van der Waals surface area contributed by atoms with E-state index in [0.717, 1.165) is 19.3 Å². The molecule has 0 spiro atoms. The van der Waals surface area contributed by atoms with Gasteiger partial charge in [0.05, 0.1) is 4.90 Å². The zero-order chi connectivity index (χ0) is 16.4. The Morgan fingerprint density at radius 1 is 1.13 bits per heavy atom. The predicted octanol–water partition coefficient (Wildman–Crippen LogP) is 4.18. The molecule has 0 aromatic heterocycles. The summed E-state index contributed by atoms with van der Waals surface area (Å²) in [5.74, 6) is 0.996. The van der Waals surface area contributed by atoms with E-state index in [0.29, 0.717) is 40.4 Å². The van der Waals surface area contributed by atoms with Gasteiger partial charge in [-0.15, -0.1) is 0 Å². The molecule has 1 aromatic rings. The number of piperidine rings is 1. The van der Waals surface area contributed by atoms with Crippen molar-refractivity contribution in [2.75, 3.05) is 13.1 Å². The fourth-order valence-electron chi connectivity index (χ4n) is 3.44. The molecule has 2 aliphatic rings. The maximum atomic E-state index is 12.9. The molecule has 3 rings (SSSR count). The Morgan fingerprint density at radius 2 is 1.78 bits per heavy atom. The molecule has 1 aromatic carbocycles. The predicted molar refractivity (Wildman–Crippen MR) is 94.1 cm³/mol. The van der Waals surface area contributed by atoms with Crippen LogP contribution >= 0.6 is 11.6 Å². The van der Waals surface area contributed by atoms with Gasteiger partial charge in [0.15, 0.2) is 0 Å². The van der Waals surface area contributed by atoms with Crippen molar-refractivity contribution in [1.82, 2.24) is 4.31 Å². The van der Waals surface area contributed by atoms with Crippen LogP contribution in [0.5, 0.6) is 0 Å². The van der Waals surface area contributed by atoms with Gasteiger partial charge in [-0.2, -0.15) is 4.31 Å². The van der Waals surface area contributed by atoms with E-state index in [-0.39, 0.29) is 0 Å². The summed E-state index contributed by atoms with van der Waals surface area (Å²) in [6, 6.07) is 5.08. The number of benzene rings is 1. The lowest BCUT2D eigenvalue weighted by Crippen LogP contribution is -2.40. The molecule has 0 amide bonds. The first-order chi connectivity index (χ1) is 11.0. The van der Waals surface area contributed by atoms with Crippen molar-refractivity contribution in [3.05, 3.63) is 53.1 Å². The second-order valence-electron chi connectivity index (χ2n) is 6.27. The fourth-order valence-corrected chi connectivity index (χ4v) is 5.38. The minimum Gasteiger partial charge on any atom is -0.207 e. The lowest BCUT2D eigenvalue weighted by Gasteiger charge is -2.34. The van der Waals surface area contributed by atoms with Crippen LogP contribution in [0.3, 0.4) is 0 Å². The van der Waals surface area contributed by atoms with Gasteiger partial charge in [-0.05, 0) is 55.7 Å². The first kappa shape index (κ1) is 16.7. The summed E-state index contributed by atoms with van der Waals surface area (Å²) in [5, 5.41) is 0.499. The minimum absolute atomic E-state index is 0.334. The Hall–Kier alpha value is -1.10. The van der Waals surface area contributed by atoms with Gasteiger partial charge in [0.2, 0.25) is 10.0 Å². The zero-order valence-corrected chi connectivity index (χ0v) is 14.9. The molecule has 5 heteroatoms. The maximum Gasteiger partial charge on any atom is 0.243 e. The standard InChI is InChI=1S/C18H22ClNO2S/c1-14-17(19)8-5-9-18(14)23(21,22)20-12-10-16(11-13-20)15-6-3-2-4-7-15/h3-9,15-16H,2,10-13H2,1H3.